The Bertz CT molecular complexity index is 778. The molecule has 0 radical (unpaired) electrons. The van der Waals surface area contributed by atoms with E-state index in [1.165, 1.54) is 38.2 Å². The van der Waals surface area contributed by atoms with Crippen LogP contribution >= 0.6 is 0 Å². The molecule has 0 aromatic heterocycles. The molecule has 0 aliphatic rings. The zero-order valence-corrected chi connectivity index (χ0v) is 18.9. The number of phenols is 3. The molecular weight excluding hydrogens is 388 g/mol. The van der Waals surface area contributed by atoms with Gasteiger partial charge in [-0.3, -0.25) is 0 Å². The van der Waals surface area contributed by atoms with Crippen LogP contribution in [0.2, 0.25) is 0 Å². The number of aryl methyl sites for hydroxylation is 2. The molecule has 0 atom stereocenters. The van der Waals surface area contributed by atoms with E-state index in [-0.39, 0.29) is 17.2 Å². The van der Waals surface area contributed by atoms with Crippen molar-refractivity contribution in [2.75, 3.05) is 7.11 Å². The van der Waals surface area contributed by atoms with Crippen LogP contribution in [0.5, 0.6) is 23.0 Å². The monoisotopic (exact) mass is 426 g/mol. The van der Waals surface area contributed by atoms with Crippen LogP contribution in [0.15, 0.2) is 48.6 Å². The SMILES string of the molecule is COc1cc(O)cc(CCCCCCC/C=C/CCCCCc2cc(O)cc(O)c2)c1. The second kappa shape index (κ2) is 14.4. The fraction of sp³-hybridized carbons (Fsp3) is 0.481. The van der Waals surface area contributed by atoms with Gasteiger partial charge in [-0.05, 0) is 86.8 Å². The second-order valence-corrected chi connectivity index (χ2v) is 8.27. The first kappa shape index (κ1) is 24.6. The molecule has 4 nitrogen and oxygen atoms in total. The molecule has 4 heteroatoms. The van der Waals surface area contributed by atoms with Gasteiger partial charge in [0.05, 0.1) is 7.11 Å². The normalized spacial score (nSPS) is 11.3. The van der Waals surface area contributed by atoms with Gasteiger partial charge in [0.25, 0.3) is 0 Å². The number of rotatable bonds is 15. The fourth-order valence-corrected chi connectivity index (χ4v) is 3.83. The highest BCUT2D eigenvalue weighted by Gasteiger charge is 2.01. The molecule has 2 rings (SSSR count). The van der Waals surface area contributed by atoms with Gasteiger partial charge in [-0.2, -0.15) is 0 Å². The van der Waals surface area contributed by atoms with Gasteiger partial charge < -0.3 is 20.1 Å². The van der Waals surface area contributed by atoms with Gasteiger partial charge >= 0.3 is 0 Å². The second-order valence-electron chi connectivity index (χ2n) is 8.27. The van der Waals surface area contributed by atoms with Crippen LogP contribution in [-0.2, 0) is 12.8 Å². The molecule has 2 aromatic carbocycles. The minimum Gasteiger partial charge on any atom is -0.508 e. The molecule has 2 aromatic rings. The third kappa shape index (κ3) is 10.8. The summed E-state index contributed by atoms with van der Waals surface area (Å²) in [5, 5.41) is 28.7. The predicted octanol–water partition coefficient (Wildman–Crippen LogP) is 7.05. The quantitative estimate of drug-likeness (QED) is 0.211. The number of methoxy groups -OCH3 is 1. The maximum absolute atomic E-state index is 9.69. The Morgan fingerprint density at radius 2 is 1.03 bits per heavy atom. The number of allylic oxidation sites excluding steroid dienone is 2. The highest BCUT2D eigenvalue weighted by atomic mass is 16.5. The van der Waals surface area contributed by atoms with Crippen LogP contribution in [0.4, 0.5) is 0 Å². The lowest BCUT2D eigenvalue weighted by atomic mass is 10.0. The summed E-state index contributed by atoms with van der Waals surface area (Å²) in [5.74, 6) is 1.27. The number of phenolic OH excluding ortho intramolecular Hbond substituents is 3. The number of aromatic hydroxyl groups is 3. The predicted molar refractivity (Wildman–Crippen MR) is 127 cm³/mol. The van der Waals surface area contributed by atoms with Crippen molar-refractivity contribution in [1.29, 1.82) is 0 Å². The lowest BCUT2D eigenvalue weighted by Crippen LogP contribution is -1.89. The molecule has 0 bridgehead atoms. The summed E-state index contributed by atoms with van der Waals surface area (Å²) in [6.45, 7) is 0. The van der Waals surface area contributed by atoms with Crippen molar-refractivity contribution in [2.45, 2.75) is 77.0 Å². The van der Waals surface area contributed by atoms with E-state index in [4.69, 9.17) is 4.74 Å². The van der Waals surface area contributed by atoms with Crippen LogP contribution in [0.1, 0.15) is 75.3 Å². The van der Waals surface area contributed by atoms with Gasteiger partial charge in [-0.15, -0.1) is 0 Å². The van der Waals surface area contributed by atoms with Crippen molar-refractivity contribution in [1.82, 2.24) is 0 Å². The van der Waals surface area contributed by atoms with Gasteiger partial charge in [-0.1, -0.05) is 37.8 Å². The average Bonchev–Trinajstić information content (AvgIpc) is 2.73. The molecule has 170 valence electrons. The van der Waals surface area contributed by atoms with Gasteiger partial charge in [0, 0.05) is 12.1 Å². The van der Waals surface area contributed by atoms with E-state index in [0.717, 1.165) is 61.8 Å². The largest absolute Gasteiger partial charge is 0.508 e. The van der Waals surface area contributed by atoms with E-state index in [1.807, 2.05) is 12.1 Å². The van der Waals surface area contributed by atoms with Crippen molar-refractivity contribution < 1.29 is 20.1 Å². The topological polar surface area (TPSA) is 69.9 Å². The highest BCUT2D eigenvalue weighted by Crippen LogP contribution is 2.23. The first-order valence-corrected chi connectivity index (χ1v) is 11.6. The molecule has 0 unspecified atom stereocenters. The summed E-state index contributed by atoms with van der Waals surface area (Å²) < 4.78 is 5.20. The van der Waals surface area contributed by atoms with Crippen molar-refractivity contribution in [3.8, 4) is 23.0 Å². The van der Waals surface area contributed by atoms with E-state index in [2.05, 4.69) is 12.2 Å². The Kier molecular flexibility index (Phi) is 11.4. The number of benzene rings is 2. The molecule has 0 spiro atoms. The molecule has 0 aliphatic heterocycles. The van der Waals surface area contributed by atoms with Crippen LogP contribution in [0.25, 0.3) is 0 Å². The van der Waals surface area contributed by atoms with Crippen molar-refractivity contribution in [3.05, 3.63) is 59.7 Å². The maximum atomic E-state index is 9.69. The molecule has 0 saturated heterocycles. The van der Waals surface area contributed by atoms with Crippen LogP contribution in [0.3, 0.4) is 0 Å². The minimum atomic E-state index is 0.134. The van der Waals surface area contributed by atoms with E-state index < -0.39 is 0 Å². The summed E-state index contributed by atoms with van der Waals surface area (Å²) in [4.78, 5) is 0. The number of hydrogen-bond donors (Lipinski definition) is 3. The van der Waals surface area contributed by atoms with Gasteiger partial charge in [0.2, 0.25) is 0 Å². The Labute approximate surface area is 187 Å². The molecule has 31 heavy (non-hydrogen) atoms. The van der Waals surface area contributed by atoms with Gasteiger partial charge in [0.15, 0.2) is 0 Å². The third-order valence-corrected chi connectivity index (χ3v) is 5.49. The number of hydrogen-bond acceptors (Lipinski definition) is 4. The zero-order valence-electron chi connectivity index (χ0n) is 18.9. The Balaban J connectivity index is 1.41. The molecule has 0 aliphatic carbocycles. The Morgan fingerprint density at radius 1 is 0.581 bits per heavy atom. The van der Waals surface area contributed by atoms with Crippen molar-refractivity contribution >= 4 is 0 Å². The molecule has 0 amide bonds. The molecular formula is C27H38O4. The minimum absolute atomic E-state index is 0.134. The lowest BCUT2D eigenvalue weighted by molar-refractivity contribution is 0.406. The first-order valence-electron chi connectivity index (χ1n) is 11.6. The summed E-state index contributed by atoms with van der Waals surface area (Å²) in [6, 6.07) is 10.3. The molecule has 3 N–H and O–H groups in total. The highest BCUT2D eigenvalue weighted by molar-refractivity contribution is 5.38. The van der Waals surface area contributed by atoms with Crippen molar-refractivity contribution in [2.24, 2.45) is 0 Å². The summed E-state index contributed by atoms with van der Waals surface area (Å²) in [6.07, 6.45) is 18.3. The Morgan fingerprint density at radius 3 is 1.61 bits per heavy atom. The molecule has 0 fully saturated rings. The van der Waals surface area contributed by atoms with E-state index in [9.17, 15) is 15.3 Å². The Hall–Kier alpha value is -2.62. The van der Waals surface area contributed by atoms with E-state index in [0.29, 0.717) is 0 Å². The van der Waals surface area contributed by atoms with E-state index >= 15 is 0 Å². The van der Waals surface area contributed by atoms with Crippen LogP contribution in [0, 0.1) is 0 Å². The number of unbranched alkanes of at least 4 members (excludes halogenated alkanes) is 8. The van der Waals surface area contributed by atoms with Crippen LogP contribution in [-0.4, -0.2) is 22.4 Å². The molecule has 0 saturated carbocycles. The standard InChI is InChI=1S/C27H38O4/c1-31-27-19-23(18-26(30)21-27)15-13-11-9-7-5-3-2-4-6-8-10-12-14-22-16-24(28)20-25(29)17-22/h2,4,16-21,28-30H,3,5-15H2,1H3/b4-2+. The maximum Gasteiger partial charge on any atom is 0.122 e. The third-order valence-electron chi connectivity index (χ3n) is 5.49. The fourth-order valence-electron chi connectivity index (χ4n) is 3.83. The van der Waals surface area contributed by atoms with Gasteiger partial charge in [0.1, 0.15) is 23.0 Å². The first-order chi connectivity index (χ1) is 15.1. The number of ether oxygens (including phenoxy) is 1. The lowest BCUT2D eigenvalue weighted by Gasteiger charge is -2.06. The average molecular weight is 427 g/mol. The van der Waals surface area contributed by atoms with Gasteiger partial charge in [-0.25, -0.2) is 0 Å². The zero-order chi connectivity index (χ0) is 22.3. The summed E-state index contributed by atoms with van der Waals surface area (Å²) >= 11 is 0. The van der Waals surface area contributed by atoms with Crippen LogP contribution < -0.4 is 4.74 Å². The van der Waals surface area contributed by atoms with Crippen molar-refractivity contribution in [3.63, 3.8) is 0 Å². The summed E-state index contributed by atoms with van der Waals surface area (Å²) in [7, 11) is 1.62. The van der Waals surface area contributed by atoms with E-state index in [1.54, 1.807) is 25.3 Å². The molecule has 0 heterocycles. The smallest absolute Gasteiger partial charge is 0.122 e. The summed E-state index contributed by atoms with van der Waals surface area (Å²) in [5.41, 5.74) is 2.13.